The van der Waals surface area contributed by atoms with Gasteiger partial charge in [-0.1, -0.05) is 24.3 Å². The van der Waals surface area contributed by atoms with Crippen molar-refractivity contribution in [2.24, 2.45) is 12.8 Å². The number of benzene rings is 2. The summed E-state index contributed by atoms with van der Waals surface area (Å²) >= 11 is 0. The number of hydrogen-bond donors (Lipinski definition) is 3. The number of imidazole rings is 1. The van der Waals surface area contributed by atoms with Gasteiger partial charge >= 0.3 is 0 Å². The molecule has 0 fully saturated rings. The van der Waals surface area contributed by atoms with Gasteiger partial charge in [0.25, 0.3) is 15.9 Å². The second-order valence-electron chi connectivity index (χ2n) is 6.29. The van der Waals surface area contributed by atoms with Crippen molar-refractivity contribution in [1.82, 2.24) is 14.5 Å². The number of aromatic nitrogens is 3. The molecular weight excluding hydrogens is 378 g/mol. The molecule has 0 radical (unpaired) electrons. The van der Waals surface area contributed by atoms with Gasteiger partial charge in [0.05, 0.1) is 16.7 Å². The molecule has 0 aliphatic carbocycles. The van der Waals surface area contributed by atoms with Crippen LogP contribution in [0.15, 0.2) is 65.7 Å². The third kappa shape index (κ3) is 3.12. The van der Waals surface area contributed by atoms with Crippen molar-refractivity contribution in [3.8, 4) is 11.4 Å². The van der Waals surface area contributed by atoms with E-state index in [1.165, 1.54) is 16.8 Å². The number of aromatic amines is 1. The summed E-state index contributed by atoms with van der Waals surface area (Å²) in [6.07, 6.45) is 1.34. The van der Waals surface area contributed by atoms with Gasteiger partial charge in [0.15, 0.2) is 0 Å². The zero-order chi connectivity index (χ0) is 19.9. The van der Waals surface area contributed by atoms with Crippen LogP contribution in [0.4, 0.5) is 5.69 Å². The van der Waals surface area contributed by atoms with Gasteiger partial charge in [-0.15, -0.1) is 0 Å². The maximum Gasteiger partial charge on any atom is 0.265 e. The number of amides is 1. The summed E-state index contributed by atoms with van der Waals surface area (Å²) in [6.45, 7) is 0. The largest absolute Gasteiger partial charge is 0.364 e. The van der Waals surface area contributed by atoms with E-state index in [-0.39, 0.29) is 10.6 Å². The maximum absolute atomic E-state index is 12.8. The number of primary amides is 1. The van der Waals surface area contributed by atoms with Crippen LogP contribution >= 0.6 is 0 Å². The molecule has 0 atom stereocenters. The van der Waals surface area contributed by atoms with Gasteiger partial charge in [0.2, 0.25) is 0 Å². The van der Waals surface area contributed by atoms with Gasteiger partial charge in [-0.25, -0.2) is 13.4 Å². The number of hydrogen-bond acceptors (Lipinski definition) is 4. The van der Waals surface area contributed by atoms with Gasteiger partial charge in [-0.05, 0) is 30.3 Å². The van der Waals surface area contributed by atoms with Crippen molar-refractivity contribution < 1.29 is 13.2 Å². The van der Waals surface area contributed by atoms with Crippen LogP contribution in [0.5, 0.6) is 0 Å². The van der Waals surface area contributed by atoms with Gasteiger partial charge in [-0.3, -0.25) is 9.52 Å². The Balaban J connectivity index is 1.74. The lowest BCUT2D eigenvalue weighted by Crippen LogP contribution is -2.14. The van der Waals surface area contributed by atoms with Crippen molar-refractivity contribution in [2.75, 3.05) is 4.72 Å². The number of nitrogens with one attached hydrogen (secondary N) is 2. The van der Waals surface area contributed by atoms with Crippen molar-refractivity contribution >= 4 is 32.7 Å². The quantitative estimate of drug-likeness (QED) is 0.480. The number of nitrogens with zero attached hydrogens (tertiary/aromatic N) is 2. The molecule has 0 bridgehead atoms. The van der Waals surface area contributed by atoms with E-state index in [4.69, 9.17) is 5.73 Å². The molecule has 4 aromatic rings. The predicted octanol–water partition coefficient (Wildman–Crippen LogP) is 2.47. The molecule has 4 N–H and O–H groups in total. The Hall–Kier alpha value is -3.59. The first kappa shape index (κ1) is 17.8. The summed E-state index contributed by atoms with van der Waals surface area (Å²) in [7, 11) is -2.37. The molecule has 9 heteroatoms. The van der Waals surface area contributed by atoms with E-state index in [0.717, 1.165) is 11.0 Å². The lowest BCUT2D eigenvalue weighted by Gasteiger charge is -2.10. The highest BCUT2D eigenvalue weighted by molar-refractivity contribution is 7.92. The third-order valence-corrected chi connectivity index (χ3v) is 5.69. The van der Waals surface area contributed by atoms with Gasteiger partial charge < -0.3 is 15.3 Å². The Bertz CT molecular complexity index is 1270. The highest BCUT2D eigenvalue weighted by atomic mass is 32.2. The maximum atomic E-state index is 12.8. The number of para-hydroxylation sites is 3. The fourth-order valence-corrected chi connectivity index (χ4v) is 4.14. The summed E-state index contributed by atoms with van der Waals surface area (Å²) < 4.78 is 29.6. The lowest BCUT2D eigenvalue weighted by atomic mass is 10.2. The van der Waals surface area contributed by atoms with E-state index >= 15 is 0 Å². The summed E-state index contributed by atoms with van der Waals surface area (Å²) in [5, 5.41) is 0. The highest BCUT2D eigenvalue weighted by Crippen LogP contribution is 2.29. The minimum Gasteiger partial charge on any atom is -0.364 e. The van der Waals surface area contributed by atoms with E-state index in [2.05, 4.69) is 14.7 Å². The molecular formula is C19H17N5O3S. The Morgan fingerprint density at radius 3 is 2.57 bits per heavy atom. The molecule has 0 saturated carbocycles. The molecule has 0 saturated heterocycles. The Morgan fingerprint density at radius 1 is 1.14 bits per heavy atom. The van der Waals surface area contributed by atoms with Crippen LogP contribution in [0.2, 0.25) is 0 Å². The summed E-state index contributed by atoms with van der Waals surface area (Å²) in [5.41, 5.74) is 7.98. The molecule has 2 heterocycles. The van der Waals surface area contributed by atoms with Crippen molar-refractivity contribution in [3.63, 3.8) is 0 Å². The number of aryl methyl sites for hydroxylation is 1. The first-order valence-corrected chi connectivity index (χ1v) is 9.86. The fraction of sp³-hybridized carbons (Fsp3) is 0.0526. The lowest BCUT2D eigenvalue weighted by molar-refractivity contribution is 0.0992. The number of sulfonamides is 1. The Kier molecular flexibility index (Phi) is 4.16. The minimum atomic E-state index is -3.93. The second kappa shape index (κ2) is 6.54. The number of carbonyl (C=O) groups excluding carboxylic acids is 1. The first-order valence-electron chi connectivity index (χ1n) is 8.38. The van der Waals surface area contributed by atoms with Gasteiger partial charge in [0.1, 0.15) is 16.4 Å². The summed E-state index contributed by atoms with van der Waals surface area (Å²) in [4.78, 5) is 19.1. The number of nitrogens with two attached hydrogens (primary N) is 1. The monoisotopic (exact) mass is 395 g/mol. The zero-order valence-corrected chi connectivity index (χ0v) is 15.7. The number of fused-ring (bicyclic) bond motifs is 1. The average molecular weight is 395 g/mol. The third-order valence-electron chi connectivity index (χ3n) is 4.36. The summed E-state index contributed by atoms with van der Waals surface area (Å²) in [6, 6.07) is 15.7. The van der Waals surface area contributed by atoms with Crippen LogP contribution in [-0.2, 0) is 17.1 Å². The van der Waals surface area contributed by atoms with Crippen LogP contribution in [0.3, 0.4) is 0 Å². The van der Waals surface area contributed by atoms with Gasteiger partial charge in [-0.2, -0.15) is 0 Å². The van der Waals surface area contributed by atoms with Crippen LogP contribution < -0.4 is 10.5 Å². The normalized spacial score (nSPS) is 11.6. The SMILES string of the molecule is Cn1cc(S(=O)(=O)Nc2ccccc2-c2nc3ccccc3[nH]2)cc1C(N)=O. The topological polar surface area (TPSA) is 123 Å². The van der Waals surface area contributed by atoms with E-state index in [0.29, 0.717) is 17.1 Å². The molecule has 1 amide bonds. The van der Waals surface area contributed by atoms with E-state index < -0.39 is 15.9 Å². The predicted molar refractivity (Wildman–Crippen MR) is 106 cm³/mol. The molecule has 4 rings (SSSR count). The highest BCUT2D eigenvalue weighted by Gasteiger charge is 2.21. The number of rotatable bonds is 5. The number of carbonyl (C=O) groups is 1. The van der Waals surface area contributed by atoms with Crippen molar-refractivity contribution in [1.29, 1.82) is 0 Å². The van der Waals surface area contributed by atoms with Crippen molar-refractivity contribution in [3.05, 3.63) is 66.5 Å². The fourth-order valence-electron chi connectivity index (χ4n) is 2.99. The Morgan fingerprint density at radius 2 is 1.86 bits per heavy atom. The van der Waals surface area contributed by atoms with Crippen LogP contribution in [0.25, 0.3) is 22.4 Å². The van der Waals surface area contributed by atoms with Crippen molar-refractivity contribution in [2.45, 2.75) is 4.90 Å². The number of H-pyrrole nitrogens is 1. The summed E-state index contributed by atoms with van der Waals surface area (Å²) in [5.74, 6) is -0.156. The molecule has 142 valence electrons. The molecule has 0 unspecified atom stereocenters. The standard InChI is InChI=1S/C19H17N5O3S/c1-24-11-12(10-17(24)18(20)25)28(26,27)23-14-7-3-2-6-13(14)19-21-15-8-4-5-9-16(15)22-19/h2-11,23H,1H3,(H2,20,25)(H,21,22). The number of anilines is 1. The molecule has 8 nitrogen and oxygen atoms in total. The molecule has 0 aliphatic heterocycles. The van der Waals surface area contributed by atoms with Crippen LogP contribution in [0.1, 0.15) is 10.5 Å². The molecule has 0 aliphatic rings. The second-order valence-corrected chi connectivity index (χ2v) is 7.97. The average Bonchev–Trinajstić information content (AvgIpc) is 3.25. The molecule has 0 spiro atoms. The smallest absolute Gasteiger partial charge is 0.265 e. The van der Waals surface area contributed by atoms with E-state index in [9.17, 15) is 13.2 Å². The van der Waals surface area contributed by atoms with Crippen LogP contribution in [0, 0.1) is 0 Å². The van der Waals surface area contributed by atoms with E-state index in [1.54, 1.807) is 31.3 Å². The Labute approximate surface area is 161 Å². The molecule has 2 aromatic heterocycles. The molecule has 2 aromatic carbocycles. The van der Waals surface area contributed by atoms with Crippen LogP contribution in [-0.4, -0.2) is 28.9 Å². The zero-order valence-electron chi connectivity index (χ0n) is 14.9. The van der Waals surface area contributed by atoms with E-state index in [1.807, 2.05) is 24.3 Å². The minimum absolute atomic E-state index is 0.0526. The molecule has 28 heavy (non-hydrogen) atoms. The van der Waals surface area contributed by atoms with Gasteiger partial charge in [0, 0.05) is 18.8 Å². The first-order chi connectivity index (χ1) is 13.3.